The van der Waals surface area contributed by atoms with E-state index in [-0.39, 0.29) is 51.4 Å². The summed E-state index contributed by atoms with van der Waals surface area (Å²) in [7, 11) is 2.18. The van der Waals surface area contributed by atoms with Crippen LogP contribution in [0.3, 0.4) is 0 Å². The van der Waals surface area contributed by atoms with Gasteiger partial charge in [-0.05, 0) is 33.0 Å². The summed E-state index contributed by atoms with van der Waals surface area (Å²) in [5.74, 6) is 0. The Bertz CT molecular complexity index is 277. The number of piperidine rings is 1. The Balaban J connectivity index is 0.000000980. The van der Waals surface area contributed by atoms with Crippen LogP contribution in [-0.4, -0.2) is 34.8 Å². The second kappa shape index (κ2) is 5.77. The molecule has 1 aliphatic rings. The van der Waals surface area contributed by atoms with Crippen LogP contribution in [0.1, 0.15) is 24.4 Å². The predicted molar refractivity (Wildman–Crippen MR) is 51.6 cm³/mol. The van der Waals surface area contributed by atoms with Gasteiger partial charge in [-0.15, -0.1) is 12.4 Å². The monoisotopic (exact) mass is 217 g/mol. The molecule has 0 amide bonds. The van der Waals surface area contributed by atoms with Crippen LogP contribution >= 0.6 is 0 Å². The maximum atomic E-state index is 4.24. The van der Waals surface area contributed by atoms with Gasteiger partial charge in [0, 0.05) is 6.04 Å². The zero-order valence-corrected chi connectivity index (χ0v) is 12.4. The van der Waals surface area contributed by atoms with Gasteiger partial charge in [0.05, 0.1) is 0 Å². The first-order chi connectivity index (χ1) is 6.25. The van der Waals surface area contributed by atoms with Gasteiger partial charge in [-0.1, -0.05) is 6.92 Å². The Morgan fingerprint density at radius 3 is 2.57 bits per heavy atom. The molecule has 1 aromatic heterocycles. The van der Waals surface area contributed by atoms with Crippen molar-refractivity contribution >= 4 is 0 Å². The van der Waals surface area contributed by atoms with E-state index < -0.39 is 0 Å². The molecule has 3 nitrogen and oxygen atoms in total. The molecular formula is C10H16KN3. The number of aryl methyl sites for hydroxylation is 1. The largest absolute Gasteiger partial charge is 1.00 e. The molecule has 0 bridgehead atoms. The summed E-state index contributed by atoms with van der Waals surface area (Å²) >= 11 is 0. The molecule has 14 heavy (non-hydrogen) atoms. The Morgan fingerprint density at radius 2 is 2.07 bits per heavy atom. The van der Waals surface area contributed by atoms with Crippen LogP contribution in [0.2, 0.25) is 0 Å². The summed E-state index contributed by atoms with van der Waals surface area (Å²) < 4.78 is 2.07. The summed E-state index contributed by atoms with van der Waals surface area (Å²) in [4.78, 5) is 2.37. The van der Waals surface area contributed by atoms with Crippen LogP contribution < -0.4 is 51.4 Å². The van der Waals surface area contributed by atoms with E-state index >= 15 is 0 Å². The Kier molecular flexibility index (Phi) is 5.31. The second-order valence-electron chi connectivity index (χ2n) is 3.94. The molecule has 0 radical (unpaired) electrons. The molecule has 4 heteroatoms. The molecule has 72 valence electrons. The topological polar surface area (TPSA) is 21.1 Å². The van der Waals surface area contributed by atoms with Crippen molar-refractivity contribution in [2.75, 3.05) is 20.1 Å². The quantitative estimate of drug-likeness (QED) is 0.411. The number of aromatic nitrogens is 2. The zero-order chi connectivity index (χ0) is 9.26. The number of likely N-dealkylation sites (tertiary alicyclic amines) is 1. The van der Waals surface area contributed by atoms with E-state index in [4.69, 9.17) is 0 Å². The third kappa shape index (κ3) is 3.15. The molecule has 1 aromatic rings. The number of nitrogens with zero attached hydrogens (tertiary/aromatic N) is 3. The van der Waals surface area contributed by atoms with Crippen LogP contribution in [0.25, 0.3) is 0 Å². The molecule has 1 saturated heterocycles. The Labute approximate surface area is 128 Å². The Morgan fingerprint density at radius 1 is 1.43 bits per heavy atom. The predicted octanol–water partition coefficient (Wildman–Crippen LogP) is -1.74. The van der Waals surface area contributed by atoms with Crippen LogP contribution in [-0.2, 0) is 0 Å². The van der Waals surface area contributed by atoms with Crippen molar-refractivity contribution in [3.05, 3.63) is 18.0 Å². The number of hydrogen-bond acceptors (Lipinski definition) is 2. The third-order valence-corrected chi connectivity index (χ3v) is 2.73. The van der Waals surface area contributed by atoms with Gasteiger partial charge < -0.3 is 14.7 Å². The standard InChI is InChI=1S/C10H16N3.K/c1-9-7-11-13(8-9)10-3-5-12(2)6-4-10;/h8,10H,3-6H2,1-2H3;/q-1;+1. The second-order valence-corrected chi connectivity index (χ2v) is 3.94. The zero-order valence-electron chi connectivity index (χ0n) is 9.32. The molecule has 0 aliphatic carbocycles. The number of hydrogen-bond donors (Lipinski definition) is 0. The SMILES string of the molecule is Cc1[c-]nn(C2CCN(C)CC2)c1.[K+]. The van der Waals surface area contributed by atoms with Crippen LogP contribution in [0.15, 0.2) is 6.20 Å². The molecule has 0 unspecified atom stereocenters. The minimum Gasteiger partial charge on any atom is -0.365 e. The maximum absolute atomic E-state index is 4.24. The molecule has 0 aromatic carbocycles. The summed E-state index contributed by atoms with van der Waals surface area (Å²) in [6.07, 6.45) is 7.50. The van der Waals surface area contributed by atoms with Gasteiger partial charge in [0.2, 0.25) is 0 Å². The fraction of sp³-hybridized carbons (Fsp3) is 0.700. The van der Waals surface area contributed by atoms with E-state index in [1.165, 1.54) is 25.9 Å². The van der Waals surface area contributed by atoms with Gasteiger partial charge in [0.15, 0.2) is 0 Å². The van der Waals surface area contributed by atoms with Crippen molar-refractivity contribution in [1.29, 1.82) is 0 Å². The average Bonchev–Trinajstić information content (AvgIpc) is 2.53. The molecule has 1 fully saturated rings. The van der Waals surface area contributed by atoms with Crippen LogP contribution in [0.5, 0.6) is 0 Å². The van der Waals surface area contributed by atoms with E-state index in [9.17, 15) is 0 Å². The maximum Gasteiger partial charge on any atom is 1.00 e. The molecule has 0 atom stereocenters. The van der Waals surface area contributed by atoms with Gasteiger partial charge >= 0.3 is 51.4 Å². The van der Waals surface area contributed by atoms with Gasteiger partial charge in [-0.25, -0.2) is 0 Å². The molecular weight excluding hydrogens is 201 g/mol. The summed E-state index contributed by atoms with van der Waals surface area (Å²) in [6, 6.07) is 0.598. The molecule has 0 spiro atoms. The van der Waals surface area contributed by atoms with Crippen molar-refractivity contribution in [2.24, 2.45) is 0 Å². The molecule has 1 aliphatic heterocycles. The first-order valence-corrected chi connectivity index (χ1v) is 4.87. The van der Waals surface area contributed by atoms with Crippen LogP contribution in [0.4, 0.5) is 0 Å². The van der Waals surface area contributed by atoms with E-state index in [0.717, 1.165) is 5.56 Å². The van der Waals surface area contributed by atoms with Gasteiger partial charge in [-0.2, -0.15) is 5.56 Å². The summed E-state index contributed by atoms with van der Waals surface area (Å²) in [6.45, 7) is 4.41. The average molecular weight is 217 g/mol. The molecule has 0 saturated carbocycles. The van der Waals surface area contributed by atoms with Crippen molar-refractivity contribution in [3.8, 4) is 0 Å². The first kappa shape index (κ1) is 12.9. The fourth-order valence-electron chi connectivity index (χ4n) is 1.84. The van der Waals surface area contributed by atoms with E-state index in [1.807, 2.05) is 6.92 Å². The van der Waals surface area contributed by atoms with E-state index in [2.05, 4.69) is 34.1 Å². The molecule has 2 heterocycles. The van der Waals surface area contributed by atoms with Gasteiger partial charge in [0.1, 0.15) is 0 Å². The third-order valence-electron chi connectivity index (χ3n) is 2.73. The van der Waals surface area contributed by atoms with Crippen molar-refractivity contribution in [3.63, 3.8) is 0 Å². The summed E-state index contributed by atoms with van der Waals surface area (Å²) in [5.41, 5.74) is 1.14. The number of rotatable bonds is 1. The van der Waals surface area contributed by atoms with E-state index in [0.29, 0.717) is 6.04 Å². The normalized spacial score (nSPS) is 19.3. The summed E-state index contributed by atoms with van der Waals surface area (Å²) in [5, 5.41) is 4.24. The molecule has 0 N–H and O–H groups in total. The fourth-order valence-corrected chi connectivity index (χ4v) is 1.84. The molecule has 2 rings (SSSR count). The van der Waals surface area contributed by atoms with Crippen molar-refractivity contribution < 1.29 is 51.4 Å². The minimum atomic E-state index is 0. The van der Waals surface area contributed by atoms with E-state index in [1.54, 1.807) is 0 Å². The minimum absolute atomic E-state index is 0. The van der Waals surface area contributed by atoms with Gasteiger partial charge in [-0.3, -0.25) is 0 Å². The van der Waals surface area contributed by atoms with Crippen LogP contribution in [0, 0.1) is 13.1 Å². The van der Waals surface area contributed by atoms with Crippen molar-refractivity contribution in [1.82, 2.24) is 14.7 Å². The Hall–Kier alpha value is 0.806. The first-order valence-electron chi connectivity index (χ1n) is 4.87. The van der Waals surface area contributed by atoms with Gasteiger partial charge in [0.25, 0.3) is 0 Å². The smallest absolute Gasteiger partial charge is 0.365 e. The van der Waals surface area contributed by atoms with Crippen molar-refractivity contribution in [2.45, 2.75) is 25.8 Å².